The molecule has 0 N–H and O–H groups in total. The number of fused-ring (bicyclic) bond motifs is 10. The molecule has 1 atom stereocenters. The summed E-state index contributed by atoms with van der Waals surface area (Å²) in [5, 5.41) is 5.02. The normalized spacial score (nSPS) is 17.7. The van der Waals surface area contributed by atoms with Crippen molar-refractivity contribution in [2.24, 2.45) is 0 Å². The van der Waals surface area contributed by atoms with E-state index in [0.717, 1.165) is 22.9 Å². The lowest BCUT2D eigenvalue weighted by atomic mass is 9.84. The molecule has 2 aromatic heterocycles. The van der Waals surface area contributed by atoms with Crippen LogP contribution in [0.15, 0.2) is 133 Å². The maximum Gasteiger partial charge on any atom is 0.131 e. The lowest BCUT2D eigenvalue weighted by Gasteiger charge is -2.18. The van der Waals surface area contributed by atoms with E-state index in [0.29, 0.717) is 0 Å². The molecular weight excluding hydrogens is 476 g/mol. The number of ether oxygens (including phenoxy) is 1. The summed E-state index contributed by atoms with van der Waals surface area (Å²) >= 11 is 0. The number of rotatable bonds is 2. The highest BCUT2D eigenvalue weighted by Crippen LogP contribution is 2.50. The highest BCUT2D eigenvalue weighted by Gasteiger charge is 2.41. The van der Waals surface area contributed by atoms with Crippen molar-refractivity contribution >= 4 is 43.6 Å². The van der Waals surface area contributed by atoms with E-state index in [2.05, 4.69) is 143 Å². The van der Waals surface area contributed by atoms with Crippen LogP contribution >= 0.6 is 0 Å². The van der Waals surface area contributed by atoms with Crippen LogP contribution < -0.4 is 4.74 Å². The molecule has 1 unspecified atom stereocenters. The van der Waals surface area contributed by atoms with Crippen LogP contribution in [0, 0.1) is 0 Å². The molecule has 1 aliphatic heterocycles. The minimum atomic E-state index is -0.224. The fourth-order valence-electron chi connectivity index (χ4n) is 6.83. The average molecular weight is 501 g/mol. The first-order valence-corrected chi connectivity index (χ1v) is 13.5. The molecule has 0 fully saturated rings. The molecule has 0 spiro atoms. The molecule has 1 aliphatic carbocycles. The Labute approximate surface area is 225 Å². The van der Waals surface area contributed by atoms with Gasteiger partial charge in [-0.1, -0.05) is 78.9 Å². The van der Waals surface area contributed by atoms with Crippen molar-refractivity contribution in [3.05, 3.63) is 139 Å². The predicted molar refractivity (Wildman–Crippen MR) is 160 cm³/mol. The second-order valence-electron chi connectivity index (χ2n) is 10.8. The first-order valence-electron chi connectivity index (χ1n) is 13.5. The van der Waals surface area contributed by atoms with E-state index in [1.165, 1.54) is 49.2 Å². The molecule has 5 aromatic carbocycles. The zero-order valence-corrected chi connectivity index (χ0v) is 21.4. The van der Waals surface area contributed by atoms with Gasteiger partial charge in [0.05, 0.1) is 27.5 Å². The van der Waals surface area contributed by atoms with Gasteiger partial charge >= 0.3 is 0 Å². The number of para-hydroxylation sites is 3. The number of hydrogen-bond acceptors (Lipinski definition) is 1. The minimum absolute atomic E-state index is 0.224. The van der Waals surface area contributed by atoms with Crippen LogP contribution in [0.25, 0.3) is 55.0 Å². The van der Waals surface area contributed by atoms with E-state index in [1.807, 2.05) is 0 Å². The first-order chi connectivity index (χ1) is 19.2. The van der Waals surface area contributed by atoms with Gasteiger partial charge in [0, 0.05) is 38.5 Å². The topological polar surface area (TPSA) is 19.1 Å². The Hall–Kier alpha value is -5.02. The molecule has 0 saturated carbocycles. The van der Waals surface area contributed by atoms with Gasteiger partial charge in [0.25, 0.3) is 0 Å². The monoisotopic (exact) mass is 500 g/mol. The molecular formula is C36H24N2O. The predicted octanol–water partition coefficient (Wildman–Crippen LogP) is 8.98. The Kier molecular flexibility index (Phi) is 3.92. The zero-order chi connectivity index (χ0) is 25.7. The average Bonchev–Trinajstić information content (AvgIpc) is 3.69. The molecule has 9 rings (SSSR count). The van der Waals surface area contributed by atoms with Crippen molar-refractivity contribution in [1.29, 1.82) is 0 Å². The molecule has 3 heteroatoms. The van der Waals surface area contributed by atoms with Gasteiger partial charge in [-0.15, -0.1) is 0 Å². The van der Waals surface area contributed by atoms with Crippen molar-refractivity contribution in [2.75, 3.05) is 0 Å². The SMILES string of the molecule is CC12C=CC=C1Oc1ccc(-n3c4ccccc4c4ccc5c6ccccc6n(-c6ccccc6)c5c43)cc12. The number of benzene rings is 5. The third kappa shape index (κ3) is 2.62. The van der Waals surface area contributed by atoms with Crippen molar-refractivity contribution in [1.82, 2.24) is 9.13 Å². The Morgan fingerprint density at radius 2 is 1.21 bits per heavy atom. The van der Waals surface area contributed by atoms with Crippen LogP contribution in [0.2, 0.25) is 0 Å². The van der Waals surface area contributed by atoms with Crippen LogP contribution in [-0.4, -0.2) is 9.13 Å². The Morgan fingerprint density at radius 1 is 0.590 bits per heavy atom. The van der Waals surface area contributed by atoms with Gasteiger partial charge in [0.2, 0.25) is 0 Å². The molecule has 7 aromatic rings. The van der Waals surface area contributed by atoms with Crippen LogP contribution in [0.3, 0.4) is 0 Å². The summed E-state index contributed by atoms with van der Waals surface area (Å²) in [6.45, 7) is 2.25. The van der Waals surface area contributed by atoms with Crippen LogP contribution in [-0.2, 0) is 5.41 Å². The molecule has 3 nitrogen and oxygen atoms in total. The molecule has 184 valence electrons. The first kappa shape index (κ1) is 21.0. The highest BCUT2D eigenvalue weighted by molar-refractivity contribution is 6.23. The minimum Gasteiger partial charge on any atom is -0.460 e. The second-order valence-corrected chi connectivity index (χ2v) is 10.8. The van der Waals surface area contributed by atoms with Gasteiger partial charge in [-0.3, -0.25) is 0 Å². The standard InChI is InChI=1S/C36H24N2O/c1-36-21-9-16-33(36)39-32-20-17-24(22-29(32)36)38-31-15-8-6-13-26(31)28-19-18-27-25-12-5-7-14-30(25)37(34(27)35(28)38)23-10-3-2-4-11-23/h2-22H,1H3. The molecule has 0 amide bonds. The van der Waals surface area contributed by atoms with Crippen LogP contribution in [0.1, 0.15) is 12.5 Å². The molecule has 3 heterocycles. The third-order valence-corrected chi connectivity index (χ3v) is 8.67. The van der Waals surface area contributed by atoms with Crippen LogP contribution in [0.5, 0.6) is 5.75 Å². The van der Waals surface area contributed by atoms with Crippen molar-refractivity contribution in [2.45, 2.75) is 12.3 Å². The molecule has 0 radical (unpaired) electrons. The van der Waals surface area contributed by atoms with Gasteiger partial charge in [-0.2, -0.15) is 0 Å². The summed E-state index contributed by atoms with van der Waals surface area (Å²) in [5.74, 6) is 1.95. The van der Waals surface area contributed by atoms with Crippen LogP contribution in [0.4, 0.5) is 0 Å². The summed E-state index contributed by atoms with van der Waals surface area (Å²) in [4.78, 5) is 0. The Balaban J connectivity index is 1.48. The van der Waals surface area contributed by atoms with Gasteiger partial charge in [0.15, 0.2) is 0 Å². The fourth-order valence-corrected chi connectivity index (χ4v) is 6.83. The van der Waals surface area contributed by atoms with Crippen molar-refractivity contribution in [3.8, 4) is 17.1 Å². The van der Waals surface area contributed by atoms with E-state index >= 15 is 0 Å². The van der Waals surface area contributed by atoms with Crippen molar-refractivity contribution in [3.63, 3.8) is 0 Å². The largest absolute Gasteiger partial charge is 0.460 e. The van der Waals surface area contributed by atoms with E-state index in [1.54, 1.807) is 0 Å². The lowest BCUT2D eigenvalue weighted by molar-refractivity contribution is 0.413. The highest BCUT2D eigenvalue weighted by atomic mass is 16.5. The summed E-state index contributed by atoms with van der Waals surface area (Å²) in [5.41, 5.74) is 8.14. The van der Waals surface area contributed by atoms with Gasteiger partial charge < -0.3 is 13.9 Å². The Bertz CT molecular complexity index is 2210. The molecule has 39 heavy (non-hydrogen) atoms. The Morgan fingerprint density at radius 3 is 1.90 bits per heavy atom. The summed E-state index contributed by atoms with van der Waals surface area (Å²) in [7, 11) is 0. The van der Waals surface area contributed by atoms with E-state index in [9.17, 15) is 0 Å². The van der Waals surface area contributed by atoms with E-state index in [-0.39, 0.29) is 5.41 Å². The van der Waals surface area contributed by atoms with Gasteiger partial charge in [-0.25, -0.2) is 0 Å². The maximum atomic E-state index is 6.25. The molecule has 0 bridgehead atoms. The zero-order valence-electron chi connectivity index (χ0n) is 21.4. The summed E-state index contributed by atoms with van der Waals surface area (Å²) < 4.78 is 11.1. The molecule has 0 saturated heterocycles. The number of nitrogens with zero attached hydrogens (tertiary/aromatic N) is 2. The second kappa shape index (κ2) is 7.30. The third-order valence-electron chi connectivity index (χ3n) is 8.67. The fraction of sp³-hybridized carbons (Fsp3) is 0.0556. The van der Waals surface area contributed by atoms with Gasteiger partial charge in [0.1, 0.15) is 11.5 Å². The van der Waals surface area contributed by atoms with E-state index in [4.69, 9.17) is 4.74 Å². The number of hydrogen-bond donors (Lipinski definition) is 0. The smallest absolute Gasteiger partial charge is 0.131 e. The summed E-state index contributed by atoms with van der Waals surface area (Å²) in [6.07, 6.45) is 6.44. The summed E-state index contributed by atoms with van der Waals surface area (Å²) in [6, 6.07) is 39.5. The maximum absolute atomic E-state index is 6.25. The van der Waals surface area contributed by atoms with E-state index < -0.39 is 0 Å². The number of allylic oxidation sites excluding steroid dienone is 3. The van der Waals surface area contributed by atoms with Gasteiger partial charge in [-0.05, 0) is 55.5 Å². The quantitative estimate of drug-likeness (QED) is 0.232. The lowest BCUT2D eigenvalue weighted by Crippen LogP contribution is -2.16. The van der Waals surface area contributed by atoms with Crippen molar-refractivity contribution < 1.29 is 4.74 Å². The number of aromatic nitrogens is 2. The molecule has 2 aliphatic rings.